The van der Waals surface area contributed by atoms with E-state index < -0.39 is 0 Å². The first-order valence-corrected chi connectivity index (χ1v) is 6.37. The zero-order valence-electron chi connectivity index (χ0n) is 10.5. The highest BCUT2D eigenvalue weighted by Gasteiger charge is 2.23. The molecule has 0 aliphatic carbocycles. The van der Waals surface area contributed by atoms with Gasteiger partial charge in [0.1, 0.15) is 17.7 Å². The monoisotopic (exact) mass is 258 g/mol. The van der Waals surface area contributed by atoms with Gasteiger partial charge in [0.05, 0.1) is 0 Å². The summed E-state index contributed by atoms with van der Waals surface area (Å²) in [4.78, 5) is 4.08. The van der Waals surface area contributed by atoms with Gasteiger partial charge in [-0.2, -0.15) is 0 Å². The minimum atomic E-state index is -0.243. The molecule has 2 heterocycles. The average Bonchev–Trinajstić information content (AvgIpc) is 2.47. The lowest BCUT2D eigenvalue weighted by atomic mass is 9.96. The Morgan fingerprint density at radius 1 is 1.42 bits per heavy atom. The zero-order chi connectivity index (χ0) is 13.2. The Hall–Kier alpha value is -1.94. The van der Waals surface area contributed by atoms with E-state index in [4.69, 9.17) is 10.5 Å². The second-order valence-electron chi connectivity index (χ2n) is 4.70. The van der Waals surface area contributed by atoms with Crippen LogP contribution in [0.4, 0.5) is 4.39 Å². The first-order valence-electron chi connectivity index (χ1n) is 6.37. The number of rotatable bonds is 2. The maximum absolute atomic E-state index is 13.7. The van der Waals surface area contributed by atoms with Crippen molar-refractivity contribution in [2.75, 3.05) is 6.54 Å². The molecule has 0 saturated heterocycles. The Kier molecular flexibility index (Phi) is 3.17. The summed E-state index contributed by atoms with van der Waals surface area (Å²) in [7, 11) is 0. The fourth-order valence-electron chi connectivity index (χ4n) is 2.42. The smallest absolute Gasteiger partial charge is 0.131 e. The number of aromatic nitrogens is 1. The first-order chi connectivity index (χ1) is 9.28. The van der Waals surface area contributed by atoms with Crippen molar-refractivity contribution in [3.05, 3.63) is 48.0 Å². The third-order valence-electron chi connectivity index (χ3n) is 3.39. The molecule has 0 spiro atoms. The normalized spacial score (nSPS) is 17.7. The molecule has 2 N–H and O–H groups in total. The van der Waals surface area contributed by atoms with Gasteiger partial charge in [0.2, 0.25) is 0 Å². The van der Waals surface area contributed by atoms with Gasteiger partial charge >= 0.3 is 0 Å². The van der Waals surface area contributed by atoms with Gasteiger partial charge < -0.3 is 10.5 Å². The van der Waals surface area contributed by atoms with Gasteiger partial charge in [0.25, 0.3) is 0 Å². The quantitative estimate of drug-likeness (QED) is 0.900. The van der Waals surface area contributed by atoms with Crippen molar-refractivity contribution < 1.29 is 9.13 Å². The number of pyridine rings is 1. The maximum atomic E-state index is 13.7. The molecule has 2 aromatic rings. The van der Waals surface area contributed by atoms with E-state index in [0.29, 0.717) is 6.54 Å². The van der Waals surface area contributed by atoms with Crippen molar-refractivity contribution in [3.8, 4) is 16.9 Å². The van der Waals surface area contributed by atoms with Crippen molar-refractivity contribution in [2.24, 2.45) is 5.73 Å². The molecule has 1 aliphatic rings. The highest BCUT2D eigenvalue weighted by molar-refractivity contribution is 5.72. The number of nitrogens with two attached hydrogens (primary N) is 1. The molecule has 0 fully saturated rings. The maximum Gasteiger partial charge on any atom is 0.131 e. The summed E-state index contributed by atoms with van der Waals surface area (Å²) in [6, 6.07) is 6.77. The molecular formula is C15H15FN2O. The summed E-state index contributed by atoms with van der Waals surface area (Å²) >= 11 is 0. The van der Waals surface area contributed by atoms with Crippen LogP contribution in [-0.2, 0) is 6.42 Å². The lowest BCUT2D eigenvalue weighted by Gasteiger charge is -2.27. The predicted octanol–water partition coefficient (Wildman–Crippen LogP) is 2.54. The lowest BCUT2D eigenvalue weighted by Crippen LogP contribution is -2.30. The largest absolute Gasteiger partial charge is 0.488 e. The van der Waals surface area contributed by atoms with Crippen LogP contribution in [-0.4, -0.2) is 17.6 Å². The summed E-state index contributed by atoms with van der Waals surface area (Å²) in [6.07, 6.45) is 5.04. The molecule has 1 atom stereocenters. The fourth-order valence-corrected chi connectivity index (χ4v) is 2.42. The van der Waals surface area contributed by atoms with Crippen LogP contribution in [0.1, 0.15) is 12.0 Å². The highest BCUT2D eigenvalue weighted by atomic mass is 19.1. The van der Waals surface area contributed by atoms with E-state index in [0.717, 1.165) is 35.3 Å². The summed E-state index contributed by atoms with van der Waals surface area (Å²) < 4.78 is 19.6. The average molecular weight is 258 g/mol. The fraction of sp³-hybridized carbons (Fsp3) is 0.267. The van der Waals surface area contributed by atoms with Crippen LogP contribution in [0.25, 0.3) is 11.1 Å². The number of halogens is 1. The molecule has 0 unspecified atom stereocenters. The van der Waals surface area contributed by atoms with Crippen LogP contribution in [0.2, 0.25) is 0 Å². The van der Waals surface area contributed by atoms with Gasteiger partial charge in [-0.1, -0.05) is 6.07 Å². The summed E-state index contributed by atoms with van der Waals surface area (Å²) in [5.74, 6) is 0.503. The minimum Gasteiger partial charge on any atom is -0.488 e. The van der Waals surface area contributed by atoms with Gasteiger partial charge in [-0.05, 0) is 36.6 Å². The number of hydrogen-bond donors (Lipinski definition) is 1. The number of benzene rings is 1. The van der Waals surface area contributed by atoms with Crippen LogP contribution in [0.3, 0.4) is 0 Å². The number of fused-ring (bicyclic) bond motifs is 1. The summed E-state index contributed by atoms with van der Waals surface area (Å²) in [5, 5.41) is 0. The topological polar surface area (TPSA) is 48.1 Å². The number of aryl methyl sites for hydroxylation is 1. The molecule has 1 aromatic carbocycles. The molecular weight excluding hydrogens is 243 g/mol. The predicted molar refractivity (Wildman–Crippen MR) is 71.4 cm³/mol. The van der Waals surface area contributed by atoms with E-state index >= 15 is 0 Å². The molecule has 0 amide bonds. The second-order valence-corrected chi connectivity index (χ2v) is 4.70. The van der Waals surface area contributed by atoms with E-state index in [1.165, 1.54) is 6.07 Å². The molecule has 0 radical (unpaired) electrons. The van der Waals surface area contributed by atoms with E-state index in [9.17, 15) is 4.39 Å². The van der Waals surface area contributed by atoms with E-state index in [-0.39, 0.29) is 11.9 Å². The Bertz CT molecular complexity index is 586. The van der Waals surface area contributed by atoms with Crippen LogP contribution >= 0.6 is 0 Å². The van der Waals surface area contributed by atoms with Crippen LogP contribution in [0.15, 0.2) is 36.7 Å². The Morgan fingerprint density at radius 3 is 3.05 bits per heavy atom. The summed E-state index contributed by atoms with van der Waals surface area (Å²) in [6.45, 7) is 0.475. The van der Waals surface area contributed by atoms with Crippen LogP contribution < -0.4 is 10.5 Å². The lowest BCUT2D eigenvalue weighted by molar-refractivity contribution is 0.182. The van der Waals surface area contributed by atoms with Crippen LogP contribution in [0.5, 0.6) is 5.75 Å². The van der Waals surface area contributed by atoms with Gasteiger partial charge in [0.15, 0.2) is 0 Å². The molecule has 3 nitrogen and oxygen atoms in total. The Labute approximate surface area is 111 Å². The van der Waals surface area contributed by atoms with E-state index in [1.54, 1.807) is 18.5 Å². The van der Waals surface area contributed by atoms with Crippen LogP contribution in [0, 0.1) is 5.82 Å². The molecule has 3 rings (SSSR count). The SMILES string of the molecule is NC[C@H]1CCc2cc(F)cc(-c3cccnc3)c2O1. The van der Waals surface area contributed by atoms with Crippen molar-refractivity contribution in [3.63, 3.8) is 0 Å². The number of ether oxygens (including phenoxy) is 1. The van der Waals surface area contributed by atoms with Gasteiger partial charge in [-0.3, -0.25) is 4.98 Å². The Morgan fingerprint density at radius 2 is 2.32 bits per heavy atom. The van der Waals surface area contributed by atoms with Crippen molar-refractivity contribution in [1.82, 2.24) is 4.98 Å². The molecule has 98 valence electrons. The highest BCUT2D eigenvalue weighted by Crippen LogP contribution is 2.38. The third-order valence-corrected chi connectivity index (χ3v) is 3.39. The molecule has 4 heteroatoms. The van der Waals surface area contributed by atoms with E-state index in [2.05, 4.69) is 4.98 Å². The molecule has 19 heavy (non-hydrogen) atoms. The summed E-state index contributed by atoms with van der Waals surface area (Å²) in [5.41, 5.74) is 8.18. The van der Waals surface area contributed by atoms with E-state index in [1.807, 2.05) is 12.1 Å². The van der Waals surface area contributed by atoms with Crippen molar-refractivity contribution in [1.29, 1.82) is 0 Å². The van der Waals surface area contributed by atoms with Gasteiger partial charge in [-0.25, -0.2) is 4.39 Å². The number of hydrogen-bond acceptors (Lipinski definition) is 3. The molecule has 0 saturated carbocycles. The number of nitrogens with zero attached hydrogens (tertiary/aromatic N) is 1. The molecule has 1 aliphatic heterocycles. The standard InChI is InChI=1S/C15H15FN2O/c16-12-6-10-3-4-13(8-17)19-15(10)14(7-12)11-2-1-5-18-9-11/h1-2,5-7,9,13H,3-4,8,17H2/t13-/m1/s1. The molecule has 1 aromatic heterocycles. The second kappa shape index (κ2) is 4.97. The first kappa shape index (κ1) is 12.1. The van der Waals surface area contributed by atoms with Crippen molar-refractivity contribution >= 4 is 0 Å². The van der Waals surface area contributed by atoms with Crippen molar-refractivity contribution in [2.45, 2.75) is 18.9 Å². The Balaban J connectivity index is 2.12. The van der Waals surface area contributed by atoms with Gasteiger partial charge in [0, 0.05) is 30.1 Å². The minimum absolute atomic E-state index is 0.00776. The van der Waals surface area contributed by atoms with Gasteiger partial charge in [-0.15, -0.1) is 0 Å². The zero-order valence-corrected chi connectivity index (χ0v) is 10.5. The molecule has 0 bridgehead atoms. The third kappa shape index (κ3) is 2.31.